The van der Waals surface area contributed by atoms with E-state index in [2.05, 4.69) is 0 Å². The molecule has 0 aromatic carbocycles. The lowest BCUT2D eigenvalue weighted by Crippen LogP contribution is -2.45. The smallest absolute Gasteiger partial charge is 0.195 e. The van der Waals surface area contributed by atoms with Crippen molar-refractivity contribution in [2.75, 3.05) is 32.6 Å². The summed E-state index contributed by atoms with van der Waals surface area (Å²) in [6.07, 6.45) is 0.675. The summed E-state index contributed by atoms with van der Waals surface area (Å²) in [5, 5.41) is 0. The van der Waals surface area contributed by atoms with Crippen molar-refractivity contribution in [1.82, 2.24) is 8.61 Å². The van der Waals surface area contributed by atoms with Crippen LogP contribution >= 0.6 is 11.6 Å². The maximum Gasteiger partial charge on any atom is 0.281 e. The fourth-order valence-corrected chi connectivity index (χ4v) is 3.52. The molecule has 0 saturated carbocycles. The first kappa shape index (κ1) is 18.2. The van der Waals surface area contributed by atoms with Gasteiger partial charge in [-0.05, 0) is 18.3 Å². The van der Waals surface area contributed by atoms with Crippen molar-refractivity contribution >= 4 is 21.8 Å². The first-order valence-electron chi connectivity index (χ1n) is 6.49. The predicted octanol–water partition coefficient (Wildman–Crippen LogP) is 2.41. The van der Waals surface area contributed by atoms with Crippen molar-refractivity contribution in [1.29, 1.82) is 0 Å². The second-order valence-electron chi connectivity index (χ2n) is 5.48. The summed E-state index contributed by atoms with van der Waals surface area (Å²) in [6, 6.07) is 0. The molecule has 4 nitrogen and oxygen atoms in total. The third kappa shape index (κ3) is 6.36. The lowest BCUT2D eigenvalue weighted by molar-refractivity contribution is 0.305. The van der Waals surface area contributed by atoms with Crippen LogP contribution in [0.5, 0.6) is 0 Å². The van der Waals surface area contributed by atoms with Gasteiger partial charge in [0, 0.05) is 32.6 Å². The van der Waals surface area contributed by atoms with Crippen molar-refractivity contribution in [3.63, 3.8) is 0 Å². The third-order valence-corrected chi connectivity index (χ3v) is 4.65. The quantitative estimate of drug-likeness (QED) is 0.613. The van der Waals surface area contributed by atoms with Gasteiger partial charge >= 0.3 is 0 Å². The van der Waals surface area contributed by atoms with Gasteiger partial charge in [-0.15, -0.1) is 11.6 Å². The van der Waals surface area contributed by atoms with E-state index in [-0.39, 0.29) is 0 Å². The van der Waals surface area contributed by atoms with Gasteiger partial charge in [0.15, 0.2) is 0 Å². The van der Waals surface area contributed by atoms with Crippen LogP contribution < -0.4 is 0 Å². The van der Waals surface area contributed by atoms with Crippen LogP contribution in [-0.2, 0) is 10.2 Å². The lowest BCUT2D eigenvalue weighted by atomic mass is 10.2. The molecule has 110 valence electrons. The molecule has 0 fully saturated rings. The minimum Gasteiger partial charge on any atom is -0.195 e. The number of rotatable bonds is 9. The summed E-state index contributed by atoms with van der Waals surface area (Å²) < 4.78 is 27.8. The highest BCUT2D eigenvalue weighted by Crippen LogP contribution is 2.13. The topological polar surface area (TPSA) is 40.6 Å². The van der Waals surface area contributed by atoms with Gasteiger partial charge in [-0.3, -0.25) is 0 Å². The zero-order chi connectivity index (χ0) is 14.3. The van der Waals surface area contributed by atoms with Gasteiger partial charge in [-0.25, -0.2) is 0 Å². The first-order chi connectivity index (χ1) is 8.21. The molecular formula is C12H27ClN2O2S. The Hall–Kier alpha value is 0.160. The summed E-state index contributed by atoms with van der Waals surface area (Å²) in [7, 11) is -1.73. The minimum absolute atomic E-state index is 0.319. The average molecular weight is 299 g/mol. The van der Waals surface area contributed by atoms with E-state index >= 15 is 0 Å². The summed E-state index contributed by atoms with van der Waals surface area (Å²) in [6.45, 7) is 9.71. The monoisotopic (exact) mass is 298 g/mol. The van der Waals surface area contributed by atoms with Gasteiger partial charge < -0.3 is 0 Å². The van der Waals surface area contributed by atoms with E-state index in [0.717, 1.165) is 0 Å². The van der Waals surface area contributed by atoms with Gasteiger partial charge in [-0.2, -0.15) is 17.0 Å². The molecule has 0 N–H and O–H groups in total. The van der Waals surface area contributed by atoms with Crippen LogP contribution in [-0.4, -0.2) is 49.6 Å². The molecule has 0 radical (unpaired) electrons. The molecule has 18 heavy (non-hydrogen) atoms. The van der Waals surface area contributed by atoms with Gasteiger partial charge in [0.2, 0.25) is 0 Å². The van der Waals surface area contributed by atoms with Crippen molar-refractivity contribution in [2.24, 2.45) is 11.8 Å². The lowest BCUT2D eigenvalue weighted by Gasteiger charge is -2.29. The fourth-order valence-electron chi connectivity index (χ4n) is 1.67. The molecule has 0 atom stereocenters. The Kier molecular flexibility index (Phi) is 8.43. The van der Waals surface area contributed by atoms with Crippen LogP contribution in [0.25, 0.3) is 0 Å². The number of hydrogen-bond acceptors (Lipinski definition) is 2. The van der Waals surface area contributed by atoms with Crippen LogP contribution in [0, 0.1) is 11.8 Å². The molecule has 6 heteroatoms. The van der Waals surface area contributed by atoms with Crippen molar-refractivity contribution in [3.8, 4) is 0 Å². The highest BCUT2D eigenvalue weighted by molar-refractivity contribution is 7.86. The maximum absolute atomic E-state index is 12.4. The molecular weight excluding hydrogens is 272 g/mol. The van der Waals surface area contributed by atoms with E-state index in [1.54, 1.807) is 11.4 Å². The Morgan fingerprint density at radius 2 is 1.50 bits per heavy atom. The molecule has 0 amide bonds. The Bertz CT molecular complexity index is 308. The molecule has 0 aromatic heterocycles. The Labute approximate surface area is 117 Å². The molecule has 0 aromatic rings. The molecule has 0 aliphatic rings. The van der Waals surface area contributed by atoms with Crippen molar-refractivity contribution in [3.05, 3.63) is 0 Å². The van der Waals surface area contributed by atoms with Gasteiger partial charge in [0.25, 0.3) is 10.2 Å². The summed E-state index contributed by atoms with van der Waals surface area (Å²) in [5.74, 6) is 1.12. The molecule has 0 spiro atoms. The zero-order valence-corrected chi connectivity index (χ0v) is 13.8. The Morgan fingerprint density at radius 1 is 1.06 bits per heavy atom. The maximum atomic E-state index is 12.4. The SMILES string of the molecule is CC(C)CN(CC(C)C)S(=O)(=O)N(C)CCCCl. The molecule has 0 aliphatic heterocycles. The van der Waals surface area contributed by atoms with Crippen molar-refractivity contribution < 1.29 is 8.42 Å². The van der Waals surface area contributed by atoms with Gasteiger partial charge in [0.1, 0.15) is 0 Å². The Balaban J connectivity index is 4.83. The van der Waals surface area contributed by atoms with E-state index in [1.807, 2.05) is 27.7 Å². The van der Waals surface area contributed by atoms with E-state index in [4.69, 9.17) is 11.6 Å². The summed E-state index contributed by atoms with van der Waals surface area (Å²) in [4.78, 5) is 0. The summed E-state index contributed by atoms with van der Waals surface area (Å²) >= 11 is 5.61. The molecule has 0 rings (SSSR count). The highest BCUT2D eigenvalue weighted by atomic mass is 35.5. The fraction of sp³-hybridized carbons (Fsp3) is 1.00. The number of hydrogen-bond donors (Lipinski definition) is 0. The van der Waals surface area contributed by atoms with Crippen LogP contribution in [0.15, 0.2) is 0 Å². The molecule has 0 heterocycles. The van der Waals surface area contributed by atoms with Crippen LogP contribution in [0.1, 0.15) is 34.1 Å². The van der Waals surface area contributed by atoms with E-state index in [9.17, 15) is 8.42 Å². The average Bonchev–Trinajstić information content (AvgIpc) is 2.23. The largest absolute Gasteiger partial charge is 0.281 e. The number of halogens is 1. The number of nitrogens with zero attached hydrogens (tertiary/aromatic N) is 2. The standard InChI is InChI=1S/C12H27ClN2O2S/c1-11(2)9-15(10-12(3)4)18(16,17)14(5)8-6-7-13/h11-12H,6-10H2,1-5H3. The predicted molar refractivity (Wildman–Crippen MR) is 78.1 cm³/mol. The normalized spacial score (nSPS) is 13.2. The van der Waals surface area contributed by atoms with E-state index < -0.39 is 10.2 Å². The number of alkyl halides is 1. The van der Waals surface area contributed by atoms with Crippen LogP contribution in [0.2, 0.25) is 0 Å². The van der Waals surface area contributed by atoms with Crippen LogP contribution in [0.3, 0.4) is 0 Å². The third-order valence-electron chi connectivity index (χ3n) is 2.46. The van der Waals surface area contributed by atoms with Gasteiger partial charge in [0.05, 0.1) is 0 Å². The van der Waals surface area contributed by atoms with E-state index in [0.29, 0.717) is 43.8 Å². The van der Waals surface area contributed by atoms with Gasteiger partial charge in [-0.1, -0.05) is 27.7 Å². The molecule has 0 saturated heterocycles. The molecule has 0 bridgehead atoms. The Morgan fingerprint density at radius 3 is 1.83 bits per heavy atom. The van der Waals surface area contributed by atoms with Crippen molar-refractivity contribution in [2.45, 2.75) is 34.1 Å². The highest BCUT2D eigenvalue weighted by Gasteiger charge is 2.27. The van der Waals surface area contributed by atoms with E-state index in [1.165, 1.54) is 4.31 Å². The zero-order valence-electron chi connectivity index (χ0n) is 12.2. The molecule has 0 aliphatic carbocycles. The second-order valence-corrected chi connectivity index (χ2v) is 7.89. The first-order valence-corrected chi connectivity index (χ1v) is 8.42. The summed E-state index contributed by atoms with van der Waals surface area (Å²) in [5.41, 5.74) is 0. The van der Waals surface area contributed by atoms with Crippen LogP contribution in [0.4, 0.5) is 0 Å². The minimum atomic E-state index is -3.36. The molecule has 0 unspecified atom stereocenters. The second kappa shape index (κ2) is 8.35.